The summed E-state index contributed by atoms with van der Waals surface area (Å²) in [6, 6.07) is -0.143. The van der Waals surface area contributed by atoms with Crippen LogP contribution >= 0.6 is 0 Å². The average Bonchev–Trinajstić information content (AvgIpc) is 2.28. The number of nitrogens with zero attached hydrogens (tertiary/aromatic N) is 1. The molecule has 17 heavy (non-hydrogen) atoms. The van der Waals surface area contributed by atoms with Crippen molar-refractivity contribution in [3.05, 3.63) is 0 Å². The van der Waals surface area contributed by atoms with Crippen LogP contribution in [-0.4, -0.2) is 42.6 Å². The first-order valence-electron chi connectivity index (χ1n) is 6.56. The van der Waals surface area contributed by atoms with E-state index < -0.39 is 0 Å². The molecular formula is C13H26N2O2. The molecule has 1 rings (SSSR count). The molecule has 1 aliphatic heterocycles. The smallest absolute Gasteiger partial charge is 0.222 e. The molecule has 2 N–H and O–H groups in total. The van der Waals surface area contributed by atoms with E-state index in [0.29, 0.717) is 13.0 Å². The van der Waals surface area contributed by atoms with E-state index in [1.54, 1.807) is 7.11 Å². The quantitative estimate of drug-likeness (QED) is 0.813. The summed E-state index contributed by atoms with van der Waals surface area (Å²) in [6.45, 7) is 5.37. The van der Waals surface area contributed by atoms with Gasteiger partial charge in [0.15, 0.2) is 0 Å². The van der Waals surface area contributed by atoms with Crippen molar-refractivity contribution in [2.24, 2.45) is 5.73 Å². The van der Waals surface area contributed by atoms with Gasteiger partial charge >= 0.3 is 0 Å². The largest absolute Gasteiger partial charge is 0.377 e. The Hall–Kier alpha value is -0.610. The highest BCUT2D eigenvalue weighted by Crippen LogP contribution is 2.16. The van der Waals surface area contributed by atoms with Crippen LogP contribution in [0.25, 0.3) is 0 Å². The van der Waals surface area contributed by atoms with Gasteiger partial charge in [-0.05, 0) is 26.7 Å². The third-order valence-corrected chi connectivity index (χ3v) is 3.76. The molecule has 1 heterocycles. The highest BCUT2D eigenvalue weighted by Gasteiger charge is 2.29. The van der Waals surface area contributed by atoms with Gasteiger partial charge in [0.25, 0.3) is 0 Å². The van der Waals surface area contributed by atoms with Gasteiger partial charge in [-0.15, -0.1) is 0 Å². The molecule has 1 saturated heterocycles. The van der Waals surface area contributed by atoms with Crippen molar-refractivity contribution >= 4 is 5.91 Å². The predicted octanol–water partition coefficient (Wildman–Crippen LogP) is 1.53. The zero-order valence-electron chi connectivity index (χ0n) is 11.4. The molecule has 0 aromatic heterocycles. The minimum atomic E-state index is -0.386. The Morgan fingerprint density at radius 3 is 2.65 bits per heavy atom. The number of ether oxygens (including phenoxy) is 1. The lowest BCUT2D eigenvalue weighted by molar-refractivity contribution is -0.133. The molecule has 1 atom stereocenters. The topological polar surface area (TPSA) is 55.6 Å². The molecule has 0 spiro atoms. The zero-order chi connectivity index (χ0) is 12.9. The van der Waals surface area contributed by atoms with E-state index in [-0.39, 0.29) is 17.6 Å². The lowest BCUT2D eigenvalue weighted by atomic mass is 9.98. The van der Waals surface area contributed by atoms with E-state index in [4.69, 9.17) is 10.5 Å². The number of carbonyl (C=O) groups is 1. The van der Waals surface area contributed by atoms with Gasteiger partial charge in [0, 0.05) is 26.6 Å². The molecule has 1 amide bonds. The van der Waals surface area contributed by atoms with Crippen molar-refractivity contribution in [3.63, 3.8) is 0 Å². The summed E-state index contributed by atoms with van der Waals surface area (Å²) >= 11 is 0. The number of likely N-dealkylation sites (tertiary alicyclic amines) is 1. The normalized spacial score (nSPS) is 20.9. The first kappa shape index (κ1) is 14.5. The fourth-order valence-corrected chi connectivity index (χ4v) is 2.02. The molecule has 100 valence electrons. The van der Waals surface area contributed by atoms with Crippen LogP contribution < -0.4 is 5.73 Å². The van der Waals surface area contributed by atoms with Crippen molar-refractivity contribution < 1.29 is 9.53 Å². The monoisotopic (exact) mass is 242 g/mol. The summed E-state index contributed by atoms with van der Waals surface area (Å²) in [6.07, 6.45) is 5.16. The van der Waals surface area contributed by atoms with Crippen LogP contribution in [-0.2, 0) is 9.53 Å². The molecular weight excluding hydrogens is 216 g/mol. The summed E-state index contributed by atoms with van der Waals surface area (Å²) in [5.74, 6) is 0.243. The Balaban J connectivity index is 2.55. The van der Waals surface area contributed by atoms with Crippen LogP contribution in [0.15, 0.2) is 0 Å². The van der Waals surface area contributed by atoms with E-state index in [9.17, 15) is 4.79 Å². The van der Waals surface area contributed by atoms with E-state index in [1.807, 2.05) is 18.7 Å². The van der Waals surface area contributed by atoms with E-state index >= 15 is 0 Å². The maximum Gasteiger partial charge on any atom is 0.222 e. The molecule has 0 radical (unpaired) electrons. The second-order valence-corrected chi connectivity index (χ2v) is 5.42. The van der Waals surface area contributed by atoms with Crippen LogP contribution in [0.5, 0.6) is 0 Å². The summed E-state index contributed by atoms with van der Waals surface area (Å²) in [5.41, 5.74) is 5.74. The lowest BCUT2D eigenvalue weighted by Gasteiger charge is -2.35. The number of amides is 1. The summed E-state index contributed by atoms with van der Waals surface area (Å²) < 4.78 is 5.37. The highest BCUT2D eigenvalue weighted by molar-refractivity contribution is 5.76. The molecule has 0 saturated carbocycles. The Morgan fingerprint density at radius 1 is 1.35 bits per heavy atom. The number of methoxy groups -OCH3 is 1. The second-order valence-electron chi connectivity index (χ2n) is 5.42. The van der Waals surface area contributed by atoms with Gasteiger partial charge in [0.1, 0.15) is 0 Å². The van der Waals surface area contributed by atoms with Crippen LogP contribution in [0.2, 0.25) is 0 Å². The molecule has 1 aliphatic rings. The van der Waals surface area contributed by atoms with Crippen LogP contribution in [0, 0.1) is 0 Å². The van der Waals surface area contributed by atoms with Crippen LogP contribution in [0.3, 0.4) is 0 Å². The molecule has 0 aromatic rings. The zero-order valence-corrected chi connectivity index (χ0v) is 11.4. The van der Waals surface area contributed by atoms with E-state index in [1.165, 1.54) is 12.8 Å². The van der Waals surface area contributed by atoms with E-state index in [0.717, 1.165) is 19.4 Å². The first-order valence-corrected chi connectivity index (χ1v) is 6.56. The molecule has 4 heteroatoms. The van der Waals surface area contributed by atoms with Crippen molar-refractivity contribution in [1.82, 2.24) is 4.90 Å². The van der Waals surface area contributed by atoms with Gasteiger partial charge in [-0.1, -0.05) is 12.8 Å². The Morgan fingerprint density at radius 2 is 2.00 bits per heavy atom. The SMILES string of the molecule is COC(C)(C)C(N)CN1CCCCCCC1=O. The summed E-state index contributed by atoms with van der Waals surface area (Å²) in [7, 11) is 1.66. The molecule has 0 aromatic carbocycles. The maximum atomic E-state index is 11.9. The van der Waals surface area contributed by atoms with Gasteiger partial charge in [-0.2, -0.15) is 0 Å². The number of carbonyl (C=O) groups excluding carboxylic acids is 1. The van der Waals surface area contributed by atoms with Gasteiger partial charge in [0.2, 0.25) is 5.91 Å². The van der Waals surface area contributed by atoms with E-state index in [2.05, 4.69) is 0 Å². The highest BCUT2D eigenvalue weighted by atomic mass is 16.5. The van der Waals surface area contributed by atoms with Gasteiger partial charge in [0.05, 0.1) is 11.6 Å². The number of nitrogens with two attached hydrogens (primary N) is 1. The minimum Gasteiger partial charge on any atom is -0.377 e. The first-order chi connectivity index (χ1) is 7.97. The van der Waals surface area contributed by atoms with Crippen LogP contribution in [0.4, 0.5) is 0 Å². The summed E-state index contributed by atoms with van der Waals surface area (Å²) in [5, 5.41) is 0. The Kier molecular flexibility index (Phi) is 5.40. The number of hydrogen-bond acceptors (Lipinski definition) is 3. The van der Waals surface area contributed by atoms with Crippen molar-refractivity contribution in [2.45, 2.75) is 57.6 Å². The third-order valence-electron chi connectivity index (χ3n) is 3.76. The van der Waals surface area contributed by atoms with Gasteiger partial charge in [-0.3, -0.25) is 4.79 Å². The van der Waals surface area contributed by atoms with Gasteiger partial charge < -0.3 is 15.4 Å². The minimum absolute atomic E-state index is 0.143. The molecule has 1 fully saturated rings. The molecule has 0 bridgehead atoms. The molecule has 0 aliphatic carbocycles. The van der Waals surface area contributed by atoms with Gasteiger partial charge in [-0.25, -0.2) is 0 Å². The van der Waals surface area contributed by atoms with Crippen LogP contribution in [0.1, 0.15) is 46.0 Å². The fraction of sp³-hybridized carbons (Fsp3) is 0.923. The number of hydrogen-bond donors (Lipinski definition) is 1. The van der Waals surface area contributed by atoms with Crippen molar-refractivity contribution in [1.29, 1.82) is 0 Å². The Bertz CT molecular complexity index is 254. The molecule has 1 unspecified atom stereocenters. The van der Waals surface area contributed by atoms with Crippen molar-refractivity contribution in [2.75, 3.05) is 20.2 Å². The number of rotatable bonds is 4. The third kappa shape index (κ3) is 4.28. The Labute approximate surface area is 104 Å². The predicted molar refractivity (Wildman–Crippen MR) is 68.7 cm³/mol. The van der Waals surface area contributed by atoms with Crippen molar-refractivity contribution in [3.8, 4) is 0 Å². The summed E-state index contributed by atoms with van der Waals surface area (Å²) in [4.78, 5) is 13.9. The second kappa shape index (κ2) is 6.36. The molecule has 4 nitrogen and oxygen atoms in total. The standard InChI is InChI=1S/C13H26N2O2/c1-13(2,17-3)11(14)10-15-9-7-5-4-6-8-12(15)16/h11H,4-10,14H2,1-3H3. The average molecular weight is 242 g/mol. The lowest BCUT2D eigenvalue weighted by Crippen LogP contribution is -2.53. The fourth-order valence-electron chi connectivity index (χ4n) is 2.02. The maximum absolute atomic E-state index is 11.9.